The summed E-state index contributed by atoms with van der Waals surface area (Å²) in [6, 6.07) is 0. The van der Waals surface area contributed by atoms with Gasteiger partial charge in [-0.2, -0.15) is 0 Å². The molecule has 3 nitrogen and oxygen atoms in total. The van der Waals surface area contributed by atoms with Crippen LogP contribution in [0.2, 0.25) is 0 Å². The van der Waals surface area contributed by atoms with Gasteiger partial charge in [0, 0.05) is 12.1 Å². The molecule has 0 aromatic heterocycles. The van der Waals surface area contributed by atoms with Crippen molar-refractivity contribution < 1.29 is 4.74 Å². The van der Waals surface area contributed by atoms with E-state index in [4.69, 9.17) is 4.74 Å². The van der Waals surface area contributed by atoms with Crippen molar-refractivity contribution in [3.8, 4) is 0 Å². The van der Waals surface area contributed by atoms with Gasteiger partial charge in [-0.05, 0) is 45.2 Å². The van der Waals surface area contributed by atoms with Crippen molar-refractivity contribution in [3.63, 3.8) is 0 Å². The molecule has 0 atom stereocenters. The van der Waals surface area contributed by atoms with Gasteiger partial charge in [-0.15, -0.1) is 0 Å². The quantitative estimate of drug-likeness (QED) is 0.641. The minimum absolute atomic E-state index is 0.331. The highest BCUT2D eigenvalue weighted by molar-refractivity contribution is 4.83. The molecule has 0 aromatic rings. The van der Waals surface area contributed by atoms with Crippen molar-refractivity contribution in [2.45, 2.75) is 64.5 Å². The summed E-state index contributed by atoms with van der Waals surface area (Å²) in [7, 11) is 0. The van der Waals surface area contributed by atoms with Crippen LogP contribution in [-0.4, -0.2) is 37.9 Å². The van der Waals surface area contributed by atoms with E-state index in [2.05, 4.69) is 31.4 Å². The molecule has 0 spiro atoms. The van der Waals surface area contributed by atoms with Gasteiger partial charge >= 0.3 is 0 Å². The fourth-order valence-electron chi connectivity index (χ4n) is 2.63. The first kappa shape index (κ1) is 14.9. The Morgan fingerprint density at radius 1 is 1.12 bits per heavy atom. The van der Waals surface area contributed by atoms with Gasteiger partial charge in [0.2, 0.25) is 0 Å². The van der Waals surface area contributed by atoms with Gasteiger partial charge in [0.25, 0.3) is 0 Å². The lowest BCUT2D eigenvalue weighted by Gasteiger charge is -2.32. The highest BCUT2D eigenvalue weighted by Crippen LogP contribution is 2.18. The van der Waals surface area contributed by atoms with Gasteiger partial charge in [0.15, 0.2) is 0 Å². The van der Waals surface area contributed by atoms with Crippen LogP contribution in [0.15, 0.2) is 0 Å². The molecule has 3 heteroatoms. The van der Waals surface area contributed by atoms with Crippen LogP contribution in [0.5, 0.6) is 0 Å². The van der Waals surface area contributed by atoms with Gasteiger partial charge < -0.3 is 15.4 Å². The number of hydrogen-bond acceptors (Lipinski definition) is 3. The predicted molar refractivity (Wildman–Crippen MR) is 73.5 cm³/mol. The van der Waals surface area contributed by atoms with Crippen molar-refractivity contribution in [2.75, 3.05) is 26.2 Å². The highest BCUT2D eigenvalue weighted by Gasteiger charge is 2.22. The van der Waals surface area contributed by atoms with Gasteiger partial charge in [-0.3, -0.25) is 0 Å². The second-order valence-corrected chi connectivity index (χ2v) is 5.09. The van der Waals surface area contributed by atoms with Crippen LogP contribution in [0.1, 0.15) is 52.9 Å². The largest absolute Gasteiger partial charge is 0.377 e. The maximum absolute atomic E-state index is 5.91. The van der Waals surface area contributed by atoms with Crippen LogP contribution in [0.25, 0.3) is 0 Å². The van der Waals surface area contributed by atoms with Gasteiger partial charge in [-0.1, -0.05) is 20.8 Å². The highest BCUT2D eigenvalue weighted by atomic mass is 16.5. The molecular weight excluding hydrogens is 212 g/mol. The summed E-state index contributed by atoms with van der Waals surface area (Å²) in [5.74, 6) is 0. The van der Waals surface area contributed by atoms with Gasteiger partial charge in [-0.25, -0.2) is 0 Å². The topological polar surface area (TPSA) is 33.3 Å². The summed E-state index contributed by atoms with van der Waals surface area (Å²) < 4.78 is 5.91. The molecule has 2 N–H and O–H groups in total. The van der Waals surface area contributed by atoms with E-state index in [0.717, 1.165) is 26.2 Å². The Morgan fingerprint density at radius 3 is 2.24 bits per heavy atom. The minimum Gasteiger partial charge on any atom is -0.377 e. The number of ether oxygens (including phenoxy) is 1. The average molecular weight is 242 g/mol. The molecule has 0 bridgehead atoms. The van der Waals surface area contributed by atoms with Crippen LogP contribution in [0.3, 0.4) is 0 Å². The lowest BCUT2D eigenvalue weighted by atomic mass is 9.90. The fraction of sp³-hybridized carbons (Fsp3) is 1.00. The Morgan fingerprint density at radius 2 is 1.71 bits per heavy atom. The number of piperidine rings is 1. The van der Waals surface area contributed by atoms with Crippen LogP contribution in [0, 0.1) is 0 Å². The van der Waals surface area contributed by atoms with E-state index in [-0.39, 0.29) is 0 Å². The first-order valence-corrected chi connectivity index (χ1v) is 7.33. The summed E-state index contributed by atoms with van der Waals surface area (Å²) in [6.45, 7) is 10.9. The summed E-state index contributed by atoms with van der Waals surface area (Å²) in [4.78, 5) is 0. The van der Waals surface area contributed by atoms with Crippen molar-refractivity contribution in [1.82, 2.24) is 10.6 Å². The molecule has 1 fully saturated rings. The maximum atomic E-state index is 5.91. The third kappa shape index (κ3) is 4.94. The van der Waals surface area contributed by atoms with E-state index < -0.39 is 0 Å². The zero-order valence-electron chi connectivity index (χ0n) is 11.8. The first-order valence-electron chi connectivity index (χ1n) is 7.33. The summed E-state index contributed by atoms with van der Waals surface area (Å²) in [5, 5.41) is 7.04. The standard InChI is InChI=1S/C14H30N2O/c1-4-14(5-2,6-3)16-11-12-17-13-7-9-15-10-8-13/h13,15-16H,4-12H2,1-3H3. The Labute approximate surface area is 107 Å². The van der Waals surface area contributed by atoms with Crippen molar-refractivity contribution >= 4 is 0 Å². The van der Waals surface area contributed by atoms with E-state index in [9.17, 15) is 0 Å². The maximum Gasteiger partial charge on any atom is 0.0600 e. The zero-order chi connectivity index (χ0) is 12.6. The Balaban J connectivity index is 2.13. The molecule has 1 saturated heterocycles. The molecular formula is C14H30N2O. The summed E-state index contributed by atoms with van der Waals surface area (Å²) >= 11 is 0. The molecule has 17 heavy (non-hydrogen) atoms. The monoisotopic (exact) mass is 242 g/mol. The van der Waals surface area contributed by atoms with Crippen LogP contribution < -0.4 is 10.6 Å². The normalized spacial score (nSPS) is 18.5. The number of rotatable bonds is 8. The van der Waals surface area contributed by atoms with Gasteiger partial charge in [0.05, 0.1) is 12.7 Å². The summed E-state index contributed by atoms with van der Waals surface area (Å²) in [5.41, 5.74) is 0.331. The Bertz CT molecular complexity index is 178. The molecule has 0 saturated carbocycles. The smallest absolute Gasteiger partial charge is 0.0600 e. The Hall–Kier alpha value is -0.120. The molecule has 1 rings (SSSR count). The average Bonchev–Trinajstić information content (AvgIpc) is 2.41. The van der Waals surface area contributed by atoms with Crippen molar-refractivity contribution in [1.29, 1.82) is 0 Å². The molecule has 0 radical (unpaired) electrons. The molecule has 0 aromatic carbocycles. The van der Waals surface area contributed by atoms with E-state index in [1.54, 1.807) is 0 Å². The lowest BCUT2D eigenvalue weighted by molar-refractivity contribution is 0.0311. The first-order chi connectivity index (χ1) is 8.26. The lowest BCUT2D eigenvalue weighted by Crippen LogP contribution is -2.45. The Kier molecular flexibility index (Phi) is 7.09. The van der Waals surface area contributed by atoms with E-state index in [0.29, 0.717) is 11.6 Å². The van der Waals surface area contributed by atoms with Crippen molar-refractivity contribution in [3.05, 3.63) is 0 Å². The SMILES string of the molecule is CCC(CC)(CC)NCCOC1CCNCC1. The molecule has 1 aliphatic heterocycles. The minimum atomic E-state index is 0.331. The van der Waals surface area contributed by atoms with Gasteiger partial charge in [0.1, 0.15) is 0 Å². The summed E-state index contributed by atoms with van der Waals surface area (Å²) in [6.07, 6.45) is 6.42. The third-order valence-electron chi connectivity index (χ3n) is 4.27. The zero-order valence-corrected chi connectivity index (χ0v) is 11.8. The molecule has 1 heterocycles. The van der Waals surface area contributed by atoms with Crippen molar-refractivity contribution in [2.24, 2.45) is 0 Å². The molecule has 1 aliphatic rings. The second kappa shape index (κ2) is 8.06. The number of hydrogen-bond donors (Lipinski definition) is 2. The van der Waals surface area contributed by atoms with Crippen LogP contribution >= 0.6 is 0 Å². The molecule has 0 aliphatic carbocycles. The number of nitrogens with one attached hydrogen (secondary N) is 2. The van der Waals surface area contributed by atoms with Crippen LogP contribution in [-0.2, 0) is 4.74 Å². The van der Waals surface area contributed by atoms with E-state index in [1.165, 1.54) is 32.1 Å². The molecule has 0 unspecified atom stereocenters. The fourth-order valence-corrected chi connectivity index (χ4v) is 2.63. The molecule has 102 valence electrons. The second-order valence-electron chi connectivity index (χ2n) is 5.09. The van der Waals surface area contributed by atoms with E-state index >= 15 is 0 Å². The predicted octanol–water partition coefficient (Wildman–Crippen LogP) is 2.31. The molecule has 0 amide bonds. The third-order valence-corrected chi connectivity index (χ3v) is 4.27. The van der Waals surface area contributed by atoms with Crippen LogP contribution in [0.4, 0.5) is 0 Å². The van der Waals surface area contributed by atoms with E-state index in [1.807, 2.05) is 0 Å².